The summed E-state index contributed by atoms with van der Waals surface area (Å²) in [6, 6.07) is 13.9. The van der Waals surface area contributed by atoms with Gasteiger partial charge in [-0.3, -0.25) is 9.59 Å². The van der Waals surface area contributed by atoms with E-state index in [1.807, 2.05) is 12.1 Å². The Morgan fingerprint density at radius 2 is 1.04 bits per heavy atom. The largest absolute Gasteiger partial charge is 0.493 e. The molecule has 0 saturated heterocycles. The summed E-state index contributed by atoms with van der Waals surface area (Å²) >= 11 is 0. The van der Waals surface area contributed by atoms with Crippen molar-refractivity contribution < 1.29 is 19.1 Å². The average Bonchev–Trinajstić information content (AvgIpc) is 2.64. The molecule has 2 aromatic carbocycles. The standard InChI is InChI=1S/C20H24N2O4/c21-19(23)15-9-3-5-11-17(15)25-13-7-1-2-8-14-26-18-12-6-4-10-16(18)20(22)24/h3-6,9-12H,1-2,7-8,13-14H2,(H2,21,23)(H2,22,24). The maximum Gasteiger partial charge on any atom is 0.252 e. The number of carbonyl (C=O) groups excluding carboxylic acids is 2. The Morgan fingerprint density at radius 3 is 1.42 bits per heavy atom. The van der Waals surface area contributed by atoms with Crippen molar-refractivity contribution in [2.75, 3.05) is 13.2 Å². The van der Waals surface area contributed by atoms with Gasteiger partial charge in [0.15, 0.2) is 0 Å². The molecule has 0 atom stereocenters. The first-order valence-electron chi connectivity index (χ1n) is 8.63. The first-order valence-corrected chi connectivity index (χ1v) is 8.63. The summed E-state index contributed by atoms with van der Waals surface area (Å²) in [6.45, 7) is 1.05. The summed E-state index contributed by atoms with van der Waals surface area (Å²) in [7, 11) is 0. The fraction of sp³-hybridized carbons (Fsp3) is 0.300. The molecule has 0 saturated carbocycles. The molecule has 0 aromatic heterocycles. The van der Waals surface area contributed by atoms with Gasteiger partial charge in [-0.1, -0.05) is 24.3 Å². The lowest BCUT2D eigenvalue weighted by Crippen LogP contribution is -2.13. The number of para-hydroxylation sites is 2. The molecule has 2 aromatic rings. The molecular weight excluding hydrogens is 332 g/mol. The second-order valence-corrected chi connectivity index (χ2v) is 5.83. The number of amides is 2. The Morgan fingerprint density at radius 1 is 0.654 bits per heavy atom. The Labute approximate surface area is 153 Å². The molecule has 0 unspecified atom stereocenters. The van der Waals surface area contributed by atoms with Gasteiger partial charge in [0.2, 0.25) is 0 Å². The quantitative estimate of drug-likeness (QED) is 0.604. The van der Waals surface area contributed by atoms with Crippen molar-refractivity contribution in [3.05, 3.63) is 59.7 Å². The third-order valence-corrected chi connectivity index (χ3v) is 3.86. The van der Waals surface area contributed by atoms with Gasteiger partial charge in [-0.05, 0) is 49.9 Å². The molecule has 0 fully saturated rings. The number of nitrogens with two attached hydrogens (primary N) is 2. The molecule has 138 valence electrons. The van der Waals surface area contributed by atoms with Gasteiger partial charge in [-0.25, -0.2) is 0 Å². The monoisotopic (exact) mass is 356 g/mol. The van der Waals surface area contributed by atoms with E-state index in [1.54, 1.807) is 36.4 Å². The second kappa shape index (κ2) is 10.1. The zero-order chi connectivity index (χ0) is 18.8. The van der Waals surface area contributed by atoms with Crippen LogP contribution < -0.4 is 20.9 Å². The van der Waals surface area contributed by atoms with Gasteiger partial charge in [-0.2, -0.15) is 0 Å². The zero-order valence-electron chi connectivity index (χ0n) is 14.6. The molecule has 26 heavy (non-hydrogen) atoms. The topological polar surface area (TPSA) is 105 Å². The van der Waals surface area contributed by atoms with Gasteiger partial charge >= 0.3 is 0 Å². The number of primary amides is 2. The van der Waals surface area contributed by atoms with E-state index in [1.165, 1.54) is 0 Å². The summed E-state index contributed by atoms with van der Waals surface area (Å²) in [5, 5.41) is 0. The van der Waals surface area contributed by atoms with Crippen molar-refractivity contribution in [2.45, 2.75) is 25.7 Å². The molecule has 0 heterocycles. The lowest BCUT2D eigenvalue weighted by atomic mass is 10.2. The van der Waals surface area contributed by atoms with Crippen LogP contribution >= 0.6 is 0 Å². The summed E-state index contributed by atoms with van der Waals surface area (Å²) in [6.07, 6.45) is 3.68. The van der Waals surface area contributed by atoms with Gasteiger partial charge in [0.1, 0.15) is 11.5 Å². The first-order chi connectivity index (χ1) is 12.6. The van der Waals surface area contributed by atoms with Crippen molar-refractivity contribution in [3.8, 4) is 11.5 Å². The van der Waals surface area contributed by atoms with Crippen molar-refractivity contribution in [1.82, 2.24) is 0 Å². The fourth-order valence-electron chi connectivity index (χ4n) is 2.51. The normalized spacial score (nSPS) is 10.3. The SMILES string of the molecule is NC(=O)c1ccccc1OCCCCCCOc1ccccc1C(N)=O. The highest BCUT2D eigenvalue weighted by Gasteiger charge is 2.08. The van der Waals surface area contributed by atoms with Gasteiger partial charge < -0.3 is 20.9 Å². The number of carbonyl (C=O) groups is 2. The van der Waals surface area contributed by atoms with Gasteiger partial charge in [0.25, 0.3) is 11.8 Å². The van der Waals surface area contributed by atoms with Crippen LogP contribution in [-0.2, 0) is 0 Å². The van der Waals surface area contributed by atoms with Crippen molar-refractivity contribution in [3.63, 3.8) is 0 Å². The first kappa shape index (κ1) is 19.3. The number of unbranched alkanes of at least 4 members (excludes halogenated alkanes) is 3. The van der Waals surface area contributed by atoms with E-state index in [4.69, 9.17) is 20.9 Å². The van der Waals surface area contributed by atoms with Crippen LogP contribution in [0, 0.1) is 0 Å². The van der Waals surface area contributed by atoms with Crippen molar-refractivity contribution >= 4 is 11.8 Å². The van der Waals surface area contributed by atoms with E-state index in [0.717, 1.165) is 25.7 Å². The van der Waals surface area contributed by atoms with Crippen LogP contribution in [0.25, 0.3) is 0 Å². The van der Waals surface area contributed by atoms with E-state index < -0.39 is 11.8 Å². The maximum atomic E-state index is 11.3. The van der Waals surface area contributed by atoms with Gasteiger partial charge in [-0.15, -0.1) is 0 Å². The predicted molar refractivity (Wildman–Crippen MR) is 99.4 cm³/mol. The van der Waals surface area contributed by atoms with E-state index in [-0.39, 0.29) is 0 Å². The van der Waals surface area contributed by atoms with Crippen LogP contribution in [0.4, 0.5) is 0 Å². The molecule has 0 aliphatic heterocycles. The molecule has 0 aliphatic carbocycles. The highest BCUT2D eigenvalue weighted by atomic mass is 16.5. The summed E-state index contributed by atoms with van der Waals surface area (Å²) in [5.41, 5.74) is 11.4. The lowest BCUT2D eigenvalue weighted by Gasteiger charge is -2.10. The van der Waals surface area contributed by atoms with Gasteiger partial charge in [0.05, 0.1) is 24.3 Å². The minimum atomic E-state index is -0.492. The molecule has 0 bridgehead atoms. The average molecular weight is 356 g/mol. The number of hydrogen-bond donors (Lipinski definition) is 2. The minimum absolute atomic E-state index is 0.397. The maximum absolute atomic E-state index is 11.3. The van der Waals surface area contributed by atoms with Crippen LogP contribution in [0.3, 0.4) is 0 Å². The van der Waals surface area contributed by atoms with Crippen LogP contribution in [-0.4, -0.2) is 25.0 Å². The Hall–Kier alpha value is -3.02. The third-order valence-electron chi connectivity index (χ3n) is 3.86. The molecular formula is C20H24N2O4. The minimum Gasteiger partial charge on any atom is -0.493 e. The number of ether oxygens (including phenoxy) is 2. The molecule has 0 radical (unpaired) electrons. The number of rotatable bonds is 11. The van der Waals surface area contributed by atoms with E-state index >= 15 is 0 Å². The zero-order valence-corrected chi connectivity index (χ0v) is 14.6. The Bertz CT molecular complexity index is 683. The predicted octanol–water partition coefficient (Wildman–Crippen LogP) is 2.90. The number of hydrogen-bond acceptors (Lipinski definition) is 4. The highest BCUT2D eigenvalue weighted by Crippen LogP contribution is 2.19. The molecule has 4 N–H and O–H groups in total. The summed E-state index contributed by atoms with van der Waals surface area (Å²) in [4.78, 5) is 22.6. The second-order valence-electron chi connectivity index (χ2n) is 5.83. The van der Waals surface area contributed by atoms with Crippen LogP contribution in [0.15, 0.2) is 48.5 Å². The Balaban J connectivity index is 1.62. The molecule has 0 spiro atoms. The van der Waals surface area contributed by atoms with Crippen LogP contribution in [0.2, 0.25) is 0 Å². The smallest absolute Gasteiger partial charge is 0.252 e. The summed E-state index contributed by atoms with van der Waals surface area (Å²) < 4.78 is 11.3. The molecule has 6 nitrogen and oxygen atoms in total. The van der Waals surface area contributed by atoms with Crippen molar-refractivity contribution in [1.29, 1.82) is 0 Å². The molecule has 2 rings (SSSR count). The fourth-order valence-corrected chi connectivity index (χ4v) is 2.51. The number of benzene rings is 2. The van der Waals surface area contributed by atoms with Crippen LogP contribution in [0.1, 0.15) is 46.4 Å². The van der Waals surface area contributed by atoms with E-state index in [0.29, 0.717) is 35.8 Å². The highest BCUT2D eigenvalue weighted by molar-refractivity contribution is 5.96. The summed E-state index contributed by atoms with van der Waals surface area (Å²) in [5.74, 6) is 0.0563. The molecule has 0 aliphatic rings. The lowest BCUT2D eigenvalue weighted by molar-refractivity contribution is 0.0987. The molecule has 6 heteroatoms. The van der Waals surface area contributed by atoms with Crippen LogP contribution in [0.5, 0.6) is 11.5 Å². The molecule has 2 amide bonds. The third kappa shape index (κ3) is 5.81. The Kier molecular flexibility index (Phi) is 7.49. The van der Waals surface area contributed by atoms with E-state index in [2.05, 4.69) is 0 Å². The van der Waals surface area contributed by atoms with Gasteiger partial charge in [0, 0.05) is 0 Å². The van der Waals surface area contributed by atoms with Crippen molar-refractivity contribution in [2.24, 2.45) is 11.5 Å². The van der Waals surface area contributed by atoms with E-state index in [9.17, 15) is 9.59 Å².